The Bertz CT molecular complexity index is 594. The van der Waals surface area contributed by atoms with Crippen molar-refractivity contribution in [3.8, 4) is 11.5 Å². The Hall–Kier alpha value is -1.67. The molecule has 0 saturated carbocycles. The Balaban J connectivity index is 1.84. The van der Waals surface area contributed by atoms with E-state index in [4.69, 9.17) is 21.1 Å². The van der Waals surface area contributed by atoms with Gasteiger partial charge in [-0.05, 0) is 42.7 Å². The normalized spacial score (nSPS) is 18.5. The van der Waals surface area contributed by atoms with Crippen LogP contribution in [0.25, 0.3) is 0 Å². The summed E-state index contributed by atoms with van der Waals surface area (Å²) in [6.07, 6.45) is 0.943. The Morgan fingerprint density at radius 3 is 2.71 bits per heavy atom. The third kappa shape index (κ3) is 3.01. The molecule has 0 bridgehead atoms. The number of alkyl halides is 1. The molecule has 2 atom stereocenters. The van der Waals surface area contributed by atoms with Gasteiger partial charge in [-0.25, -0.2) is 0 Å². The number of para-hydroxylation sites is 1. The van der Waals surface area contributed by atoms with Gasteiger partial charge in [0.05, 0.1) is 18.6 Å². The molecule has 3 heteroatoms. The first kappa shape index (κ1) is 14.3. The number of hydrogen-bond acceptors (Lipinski definition) is 2. The van der Waals surface area contributed by atoms with Gasteiger partial charge in [0.1, 0.15) is 11.5 Å². The van der Waals surface area contributed by atoms with E-state index >= 15 is 0 Å². The number of halogens is 1. The lowest BCUT2D eigenvalue weighted by Crippen LogP contribution is -2.17. The molecule has 2 nitrogen and oxygen atoms in total. The van der Waals surface area contributed by atoms with E-state index in [1.165, 1.54) is 5.56 Å². The van der Waals surface area contributed by atoms with Gasteiger partial charge in [0.25, 0.3) is 0 Å². The molecule has 21 heavy (non-hydrogen) atoms. The van der Waals surface area contributed by atoms with Crippen molar-refractivity contribution in [1.82, 2.24) is 0 Å². The van der Waals surface area contributed by atoms with E-state index in [0.717, 1.165) is 30.1 Å². The van der Waals surface area contributed by atoms with Crippen LogP contribution < -0.4 is 9.47 Å². The molecule has 2 unspecified atom stereocenters. The summed E-state index contributed by atoms with van der Waals surface area (Å²) in [6, 6.07) is 16.3. The molecule has 0 fully saturated rings. The molecule has 0 N–H and O–H groups in total. The highest BCUT2D eigenvalue weighted by Crippen LogP contribution is 2.44. The van der Waals surface area contributed by atoms with Gasteiger partial charge in [-0.3, -0.25) is 0 Å². The standard InChI is InChI=1S/C18H19ClO2/c1-2-20-14-9-7-13(8-10-14)18(19)16-11-12-21-17-6-4-3-5-15(16)17/h3-10,16,18H,2,11-12H2,1H3. The van der Waals surface area contributed by atoms with E-state index in [2.05, 4.69) is 18.2 Å². The number of fused-ring (bicyclic) bond motifs is 1. The van der Waals surface area contributed by atoms with E-state index in [1.807, 2.05) is 37.3 Å². The van der Waals surface area contributed by atoms with Crippen molar-refractivity contribution in [2.45, 2.75) is 24.6 Å². The smallest absolute Gasteiger partial charge is 0.122 e. The molecular weight excluding hydrogens is 284 g/mol. The predicted octanol–water partition coefficient (Wildman–Crippen LogP) is 4.93. The summed E-state index contributed by atoms with van der Waals surface area (Å²) in [5, 5.41) is -0.0503. The monoisotopic (exact) mass is 302 g/mol. The third-order valence-electron chi connectivity index (χ3n) is 3.87. The van der Waals surface area contributed by atoms with Gasteiger partial charge in [0.2, 0.25) is 0 Å². The Morgan fingerprint density at radius 2 is 1.95 bits per heavy atom. The predicted molar refractivity (Wildman–Crippen MR) is 85.5 cm³/mol. The molecule has 0 radical (unpaired) electrons. The van der Waals surface area contributed by atoms with E-state index in [1.54, 1.807) is 0 Å². The van der Waals surface area contributed by atoms with Crippen molar-refractivity contribution in [1.29, 1.82) is 0 Å². The van der Waals surface area contributed by atoms with Gasteiger partial charge >= 0.3 is 0 Å². The molecule has 0 amide bonds. The van der Waals surface area contributed by atoms with Crippen LogP contribution in [0.1, 0.15) is 35.8 Å². The minimum Gasteiger partial charge on any atom is -0.494 e. The summed E-state index contributed by atoms with van der Waals surface area (Å²) in [4.78, 5) is 0. The Kier molecular flexibility index (Phi) is 4.35. The maximum Gasteiger partial charge on any atom is 0.122 e. The van der Waals surface area contributed by atoms with Gasteiger partial charge in [0.15, 0.2) is 0 Å². The summed E-state index contributed by atoms with van der Waals surface area (Å²) < 4.78 is 11.2. The highest BCUT2D eigenvalue weighted by atomic mass is 35.5. The van der Waals surface area contributed by atoms with Crippen LogP contribution in [0.2, 0.25) is 0 Å². The molecule has 3 rings (SSSR count). The first-order valence-electron chi connectivity index (χ1n) is 7.38. The fourth-order valence-electron chi connectivity index (χ4n) is 2.82. The number of rotatable bonds is 4. The summed E-state index contributed by atoms with van der Waals surface area (Å²) in [5.41, 5.74) is 2.33. The quantitative estimate of drug-likeness (QED) is 0.745. The summed E-state index contributed by atoms with van der Waals surface area (Å²) >= 11 is 6.75. The topological polar surface area (TPSA) is 18.5 Å². The maximum absolute atomic E-state index is 6.75. The van der Waals surface area contributed by atoms with Crippen molar-refractivity contribution in [3.05, 3.63) is 59.7 Å². The van der Waals surface area contributed by atoms with Crippen LogP contribution in [-0.4, -0.2) is 13.2 Å². The van der Waals surface area contributed by atoms with Crippen LogP contribution >= 0.6 is 11.6 Å². The fourth-order valence-corrected chi connectivity index (χ4v) is 3.23. The molecule has 1 heterocycles. The van der Waals surface area contributed by atoms with E-state index < -0.39 is 0 Å². The fraction of sp³-hybridized carbons (Fsp3) is 0.333. The zero-order chi connectivity index (χ0) is 14.7. The second-order valence-corrected chi connectivity index (χ2v) is 5.66. The van der Waals surface area contributed by atoms with Crippen molar-refractivity contribution in [2.75, 3.05) is 13.2 Å². The second-order valence-electron chi connectivity index (χ2n) is 5.19. The lowest BCUT2D eigenvalue weighted by Gasteiger charge is -2.29. The van der Waals surface area contributed by atoms with Crippen LogP contribution in [-0.2, 0) is 0 Å². The van der Waals surface area contributed by atoms with Crippen LogP contribution in [0, 0.1) is 0 Å². The Morgan fingerprint density at radius 1 is 1.19 bits per heavy atom. The zero-order valence-electron chi connectivity index (χ0n) is 12.1. The van der Waals surface area contributed by atoms with Crippen LogP contribution in [0.5, 0.6) is 11.5 Å². The SMILES string of the molecule is CCOc1ccc(C(Cl)C2CCOc3ccccc32)cc1. The lowest BCUT2D eigenvalue weighted by molar-refractivity contribution is 0.265. The maximum atomic E-state index is 6.75. The van der Waals surface area contributed by atoms with Gasteiger partial charge in [-0.2, -0.15) is 0 Å². The largest absolute Gasteiger partial charge is 0.494 e. The molecule has 110 valence electrons. The third-order valence-corrected chi connectivity index (χ3v) is 4.42. The first-order chi connectivity index (χ1) is 10.3. The highest BCUT2D eigenvalue weighted by molar-refractivity contribution is 6.21. The molecule has 2 aromatic rings. The second kappa shape index (κ2) is 6.40. The van der Waals surface area contributed by atoms with Crippen LogP contribution in [0.4, 0.5) is 0 Å². The number of hydrogen-bond donors (Lipinski definition) is 0. The summed E-state index contributed by atoms with van der Waals surface area (Å²) in [5.74, 6) is 2.14. The van der Waals surface area contributed by atoms with Gasteiger partial charge < -0.3 is 9.47 Å². The van der Waals surface area contributed by atoms with E-state index in [-0.39, 0.29) is 11.3 Å². The zero-order valence-corrected chi connectivity index (χ0v) is 12.8. The molecule has 2 aromatic carbocycles. The minimum absolute atomic E-state index is 0.0503. The van der Waals surface area contributed by atoms with Gasteiger partial charge in [-0.1, -0.05) is 30.3 Å². The molecule has 0 aliphatic carbocycles. The van der Waals surface area contributed by atoms with E-state index in [0.29, 0.717) is 6.61 Å². The van der Waals surface area contributed by atoms with Gasteiger partial charge in [0, 0.05) is 5.92 Å². The molecular formula is C18H19ClO2. The van der Waals surface area contributed by atoms with Gasteiger partial charge in [-0.15, -0.1) is 11.6 Å². The van der Waals surface area contributed by atoms with Crippen LogP contribution in [0.3, 0.4) is 0 Å². The lowest BCUT2D eigenvalue weighted by atomic mass is 9.87. The first-order valence-corrected chi connectivity index (χ1v) is 7.82. The average molecular weight is 303 g/mol. The van der Waals surface area contributed by atoms with E-state index in [9.17, 15) is 0 Å². The summed E-state index contributed by atoms with van der Waals surface area (Å²) in [7, 11) is 0. The van der Waals surface area contributed by atoms with Crippen LogP contribution in [0.15, 0.2) is 48.5 Å². The van der Waals surface area contributed by atoms with Crippen molar-refractivity contribution >= 4 is 11.6 Å². The molecule has 0 aromatic heterocycles. The van der Waals surface area contributed by atoms with Crippen molar-refractivity contribution < 1.29 is 9.47 Å². The summed E-state index contributed by atoms with van der Waals surface area (Å²) in [6.45, 7) is 3.39. The number of ether oxygens (including phenoxy) is 2. The molecule has 0 saturated heterocycles. The van der Waals surface area contributed by atoms with Crippen molar-refractivity contribution in [2.24, 2.45) is 0 Å². The highest BCUT2D eigenvalue weighted by Gasteiger charge is 2.28. The molecule has 1 aliphatic heterocycles. The average Bonchev–Trinajstić information content (AvgIpc) is 2.55. The molecule has 0 spiro atoms. The molecule has 1 aliphatic rings. The Labute approximate surface area is 130 Å². The number of benzene rings is 2. The van der Waals surface area contributed by atoms with Crippen molar-refractivity contribution in [3.63, 3.8) is 0 Å². The minimum atomic E-state index is -0.0503.